The summed E-state index contributed by atoms with van der Waals surface area (Å²) in [6.45, 7) is 9.09. The summed E-state index contributed by atoms with van der Waals surface area (Å²) in [5.74, 6) is 0.969. The van der Waals surface area contributed by atoms with Crippen LogP contribution in [0, 0.1) is 0 Å². The van der Waals surface area contributed by atoms with Crippen molar-refractivity contribution in [1.82, 2.24) is 4.90 Å². The Morgan fingerprint density at radius 2 is 1.54 bits per heavy atom. The molecule has 0 saturated carbocycles. The molecule has 0 bridgehead atoms. The molecule has 2 aliphatic heterocycles. The minimum Gasteiger partial charge on any atom is -0.495 e. The van der Waals surface area contributed by atoms with Crippen molar-refractivity contribution in [2.24, 2.45) is 0 Å². The van der Waals surface area contributed by atoms with Gasteiger partial charge in [0.2, 0.25) is 0 Å². The second-order valence-electron chi connectivity index (χ2n) is 7.52. The number of hydrogen-bond donors (Lipinski definition) is 0. The van der Waals surface area contributed by atoms with Crippen LogP contribution in [0.1, 0.15) is 5.56 Å². The molecule has 0 radical (unpaired) electrons. The van der Waals surface area contributed by atoms with Gasteiger partial charge in [-0.05, 0) is 36.2 Å². The Balaban J connectivity index is 1.25. The highest BCUT2D eigenvalue weighted by atomic mass is 16.5. The van der Waals surface area contributed by atoms with Crippen molar-refractivity contribution in [2.75, 3.05) is 75.9 Å². The normalized spacial score (nSPS) is 18.3. The molecule has 0 spiro atoms. The molecule has 5 nitrogen and oxygen atoms in total. The van der Waals surface area contributed by atoms with Crippen LogP contribution in [-0.4, -0.2) is 71.0 Å². The zero-order chi connectivity index (χ0) is 19.2. The molecule has 2 saturated heterocycles. The largest absolute Gasteiger partial charge is 0.495 e. The van der Waals surface area contributed by atoms with E-state index in [0.717, 1.165) is 71.2 Å². The number of para-hydroxylation sites is 2. The predicted octanol–water partition coefficient (Wildman–Crippen LogP) is 2.90. The summed E-state index contributed by atoms with van der Waals surface area (Å²) < 4.78 is 11.0. The zero-order valence-corrected chi connectivity index (χ0v) is 16.8. The van der Waals surface area contributed by atoms with Gasteiger partial charge in [-0.1, -0.05) is 24.3 Å². The third-order valence-electron chi connectivity index (χ3n) is 5.83. The number of rotatable bonds is 6. The molecular formula is C23H31N3O2. The second kappa shape index (κ2) is 9.30. The fraction of sp³-hybridized carbons (Fsp3) is 0.478. The fourth-order valence-electron chi connectivity index (χ4n) is 4.09. The van der Waals surface area contributed by atoms with E-state index in [1.54, 1.807) is 7.11 Å². The van der Waals surface area contributed by atoms with E-state index in [1.807, 2.05) is 12.1 Å². The van der Waals surface area contributed by atoms with Gasteiger partial charge in [-0.3, -0.25) is 4.90 Å². The minimum atomic E-state index is 0.836. The minimum absolute atomic E-state index is 0.836. The summed E-state index contributed by atoms with van der Waals surface area (Å²) in [7, 11) is 1.75. The topological polar surface area (TPSA) is 28.2 Å². The highest BCUT2D eigenvalue weighted by Gasteiger charge is 2.19. The van der Waals surface area contributed by atoms with Gasteiger partial charge < -0.3 is 19.3 Å². The number of methoxy groups -OCH3 is 1. The number of morpholine rings is 1. The monoisotopic (exact) mass is 381 g/mol. The van der Waals surface area contributed by atoms with Crippen LogP contribution in [0.3, 0.4) is 0 Å². The van der Waals surface area contributed by atoms with E-state index in [2.05, 4.69) is 51.1 Å². The van der Waals surface area contributed by atoms with Crippen molar-refractivity contribution in [3.63, 3.8) is 0 Å². The summed E-state index contributed by atoms with van der Waals surface area (Å²) in [5, 5.41) is 0. The average Bonchev–Trinajstić information content (AvgIpc) is 2.79. The van der Waals surface area contributed by atoms with Gasteiger partial charge in [0.05, 0.1) is 26.0 Å². The fourth-order valence-corrected chi connectivity index (χ4v) is 4.09. The molecule has 150 valence electrons. The van der Waals surface area contributed by atoms with Crippen LogP contribution in [0.4, 0.5) is 11.4 Å². The first-order valence-electron chi connectivity index (χ1n) is 10.4. The first kappa shape index (κ1) is 19.1. The number of ether oxygens (including phenoxy) is 2. The summed E-state index contributed by atoms with van der Waals surface area (Å²) in [4.78, 5) is 7.42. The van der Waals surface area contributed by atoms with Crippen LogP contribution in [0.2, 0.25) is 0 Å². The maximum Gasteiger partial charge on any atom is 0.142 e. The van der Waals surface area contributed by atoms with Crippen LogP contribution in [0.25, 0.3) is 0 Å². The Morgan fingerprint density at radius 1 is 0.821 bits per heavy atom. The summed E-state index contributed by atoms with van der Waals surface area (Å²) >= 11 is 0. The first-order valence-corrected chi connectivity index (χ1v) is 10.4. The van der Waals surface area contributed by atoms with Crippen molar-refractivity contribution >= 4 is 11.4 Å². The summed E-state index contributed by atoms with van der Waals surface area (Å²) in [6, 6.07) is 17.4. The maximum absolute atomic E-state index is 5.52. The predicted molar refractivity (Wildman–Crippen MR) is 115 cm³/mol. The van der Waals surface area contributed by atoms with Crippen LogP contribution < -0.4 is 14.5 Å². The Morgan fingerprint density at radius 3 is 2.25 bits per heavy atom. The Kier molecular flexibility index (Phi) is 6.34. The van der Waals surface area contributed by atoms with E-state index in [9.17, 15) is 0 Å². The van der Waals surface area contributed by atoms with E-state index in [1.165, 1.54) is 16.9 Å². The van der Waals surface area contributed by atoms with Gasteiger partial charge in [-0.25, -0.2) is 0 Å². The molecule has 4 rings (SSSR count). The first-order chi connectivity index (χ1) is 13.8. The number of benzene rings is 2. The maximum atomic E-state index is 5.52. The highest BCUT2D eigenvalue weighted by Crippen LogP contribution is 2.28. The molecule has 0 amide bonds. The van der Waals surface area contributed by atoms with Crippen LogP contribution in [0.5, 0.6) is 5.75 Å². The lowest BCUT2D eigenvalue weighted by atomic mass is 10.1. The van der Waals surface area contributed by atoms with Gasteiger partial charge in [0.1, 0.15) is 5.75 Å². The summed E-state index contributed by atoms with van der Waals surface area (Å²) in [5.41, 5.74) is 3.95. The van der Waals surface area contributed by atoms with E-state index in [-0.39, 0.29) is 0 Å². The Bertz CT molecular complexity index is 736. The third kappa shape index (κ3) is 4.59. The van der Waals surface area contributed by atoms with Crippen LogP contribution >= 0.6 is 0 Å². The average molecular weight is 382 g/mol. The van der Waals surface area contributed by atoms with Crippen LogP contribution in [0.15, 0.2) is 48.5 Å². The number of nitrogens with zero attached hydrogens (tertiary/aromatic N) is 3. The second-order valence-corrected chi connectivity index (χ2v) is 7.52. The Hall–Kier alpha value is -2.24. The van der Waals surface area contributed by atoms with Gasteiger partial charge >= 0.3 is 0 Å². The van der Waals surface area contributed by atoms with Gasteiger partial charge in [0, 0.05) is 51.5 Å². The molecule has 5 heteroatoms. The molecule has 0 atom stereocenters. The number of piperazine rings is 1. The lowest BCUT2D eigenvalue weighted by Gasteiger charge is -2.36. The third-order valence-corrected chi connectivity index (χ3v) is 5.83. The standard InChI is InChI=1S/C23H31N3O2/c1-27-23-5-3-2-4-22(23)26-14-12-24(13-15-26)11-10-20-6-8-21(9-7-20)25-16-18-28-19-17-25/h2-9H,10-19H2,1H3. The van der Waals surface area contributed by atoms with Crippen molar-refractivity contribution < 1.29 is 9.47 Å². The number of hydrogen-bond acceptors (Lipinski definition) is 5. The van der Waals surface area contributed by atoms with Crippen molar-refractivity contribution in [3.8, 4) is 5.75 Å². The van der Waals surface area contributed by atoms with Crippen molar-refractivity contribution in [2.45, 2.75) is 6.42 Å². The summed E-state index contributed by atoms with van der Waals surface area (Å²) in [6.07, 6.45) is 1.11. The molecule has 0 aromatic heterocycles. The smallest absolute Gasteiger partial charge is 0.142 e. The molecule has 2 aromatic carbocycles. The molecule has 0 aliphatic carbocycles. The molecule has 0 N–H and O–H groups in total. The van der Waals surface area contributed by atoms with Crippen LogP contribution in [-0.2, 0) is 11.2 Å². The quantitative estimate of drug-likeness (QED) is 0.767. The SMILES string of the molecule is COc1ccccc1N1CCN(CCc2ccc(N3CCOCC3)cc2)CC1. The van der Waals surface area contributed by atoms with Crippen molar-refractivity contribution in [1.29, 1.82) is 0 Å². The van der Waals surface area contributed by atoms with E-state index >= 15 is 0 Å². The molecule has 2 fully saturated rings. The van der Waals surface area contributed by atoms with Crippen molar-refractivity contribution in [3.05, 3.63) is 54.1 Å². The van der Waals surface area contributed by atoms with Gasteiger partial charge in [0.25, 0.3) is 0 Å². The number of anilines is 2. The molecule has 28 heavy (non-hydrogen) atoms. The van der Waals surface area contributed by atoms with E-state index in [4.69, 9.17) is 9.47 Å². The highest BCUT2D eigenvalue weighted by molar-refractivity contribution is 5.58. The molecule has 2 aromatic rings. The zero-order valence-electron chi connectivity index (χ0n) is 16.8. The van der Waals surface area contributed by atoms with Gasteiger partial charge in [-0.15, -0.1) is 0 Å². The van der Waals surface area contributed by atoms with Gasteiger partial charge in [-0.2, -0.15) is 0 Å². The van der Waals surface area contributed by atoms with Gasteiger partial charge in [0.15, 0.2) is 0 Å². The molecule has 0 unspecified atom stereocenters. The molecule has 2 aliphatic rings. The lowest BCUT2D eigenvalue weighted by Crippen LogP contribution is -2.47. The van der Waals surface area contributed by atoms with E-state index < -0.39 is 0 Å². The lowest BCUT2D eigenvalue weighted by molar-refractivity contribution is 0.122. The molecule has 2 heterocycles. The Labute approximate surface area is 168 Å². The molecular weight excluding hydrogens is 350 g/mol. The van der Waals surface area contributed by atoms with E-state index in [0.29, 0.717) is 0 Å².